The first-order valence-electron chi connectivity index (χ1n) is 12.9. The number of carbonyl (C=O) groups excluding carboxylic acids is 2. The summed E-state index contributed by atoms with van der Waals surface area (Å²) in [5, 5.41) is 17.3. The predicted octanol–water partition coefficient (Wildman–Crippen LogP) is 4.69. The van der Waals surface area contributed by atoms with Crippen molar-refractivity contribution in [2.75, 3.05) is 0 Å². The molecule has 0 aliphatic heterocycles. The fourth-order valence-electron chi connectivity index (χ4n) is 4.83. The number of fused-ring (bicyclic) bond motifs is 2. The van der Waals surface area contributed by atoms with Crippen LogP contribution in [0.2, 0.25) is 0 Å². The van der Waals surface area contributed by atoms with Crippen molar-refractivity contribution in [3.05, 3.63) is 108 Å². The van der Waals surface area contributed by atoms with E-state index in [1.54, 1.807) is 12.4 Å². The monoisotopic (exact) mass is 538 g/mol. The number of aromatic amines is 2. The minimum absolute atomic E-state index is 0.0293. The van der Waals surface area contributed by atoms with Crippen LogP contribution in [0.5, 0.6) is 0 Å². The first-order valence-corrected chi connectivity index (χ1v) is 12.9. The summed E-state index contributed by atoms with van der Waals surface area (Å²) in [7, 11) is 0. The highest BCUT2D eigenvalue weighted by molar-refractivity contribution is 5.93. The molecule has 0 bridgehead atoms. The van der Waals surface area contributed by atoms with Crippen molar-refractivity contribution < 1.29 is 24.2 Å². The molecule has 2 heterocycles. The number of H-pyrrole nitrogens is 2. The molecule has 2 atom stereocenters. The third-order valence-electron chi connectivity index (χ3n) is 7.01. The van der Waals surface area contributed by atoms with E-state index in [1.165, 1.54) is 6.92 Å². The molecule has 0 saturated heterocycles. The quantitative estimate of drug-likeness (QED) is 0.176. The number of hydrogen-bond acceptors (Lipinski definition) is 4. The number of aromatic nitrogens is 2. The Balaban J connectivity index is 1.37. The van der Waals surface area contributed by atoms with Gasteiger partial charge in [-0.25, -0.2) is 9.59 Å². The van der Waals surface area contributed by atoms with Gasteiger partial charge in [-0.3, -0.25) is 4.79 Å². The van der Waals surface area contributed by atoms with Crippen molar-refractivity contribution >= 4 is 39.8 Å². The largest absolute Gasteiger partial charge is 0.480 e. The fourth-order valence-corrected chi connectivity index (χ4v) is 4.83. The number of carboxylic acid groups (broad SMARTS) is 1. The van der Waals surface area contributed by atoms with Crippen LogP contribution in [0.3, 0.4) is 0 Å². The molecule has 2 aromatic heterocycles. The van der Waals surface area contributed by atoms with Crippen LogP contribution in [-0.2, 0) is 33.8 Å². The van der Waals surface area contributed by atoms with Crippen molar-refractivity contribution in [1.29, 1.82) is 0 Å². The lowest BCUT2D eigenvalue weighted by Gasteiger charge is -2.29. The Morgan fingerprint density at radius 3 is 2.08 bits per heavy atom. The first kappa shape index (κ1) is 26.6. The van der Waals surface area contributed by atoms with E-state index < -0.39 is 29.6 Å². The number of carbonyl (C=O) groups is 3. The lowest BCUT2D eigenvalue weighted by molar-refractivity contribution is -0.147. The van der Waals surface area contributed by atoms with E-state index >= 15 is 0 Å². The zero-order valence-electron chi connectivity index (χ0n) is 21.9. The van der Waals surface area contributed by atoms with Crippen LogP contribution in [0.4, 0.5) is 4.79 Å². The first-order chi connectivity index (χ1) is 19.3. The lowest BCUT2D eigenvalue weighted by atomic mass is 9.91. The van der Waals surface area contributed by atoms with E-state index in [0.29, 0.717) is 0 Å². The van der Waals surface area contributed by atoms with Gasteiger partial charge in [-0.1, -0.05) is 66.7 Å². The number of aliphatic carboxylic acids is 1. The summed E-state index contributed by atoms with van der Waals surface area (Å²) in [5.41, 5.74) is 2.47. The molecule has 5 aromatic rings. The maximum atomic E-state index is 13.7. The predicted molar refractivity (Wildman–Crippen MR) is 152 cm³/mol. The summed E-state index contributed by atoms with van der Waals surface area (Å²) in [6.07, 6.45) is 2.91. The van der Waals surface area contributed by atoms with Gasteiger partial charge in [0.15, 0.2) is 0 Å². The Kier molecular flexibility index (Phi) is 7.54. The number of ether oxygens (including phenoxy) is 1. The highest BCUT2D eigenvalue weighted by Gasteiger charge is 2.38. The van der Waals surface area contributed by atoms with E-state index in [9.17, 15) is 19.5 Å². The zero-order chi connectivity index (χ0) is 28.1. The number of carboxylic acids is 1. The molecule has 0 aliphatic rings. The molecular weight excluding hydrogens is 508 g/mol. The lowest BCUT2D eigenvalue weighted by Crippen LogP contribution is -2.59. The van der Waals surface area contributed by atoms with Crippen LogP contribution in [-0.4, -0.2) is 44.6 Å². The smallest absolute Gasteiger partial charge is 0.408 e. The number of para-hydroxylation sites is 2. The van der Waals surface area contributed by atoms with Gasteiger partial charge >= 0.3 is 12.1 Å². The van der Waals surface area contributed by atoms with Gasteiger partial charge < -0.3 is 30.4 Å². The molecule has 0 fully saturated rings. The van der Waals surface area contributed by atoms with Crippen LogP contribution in [0.15, 0.2) is 91.3 Å². The van der Waals surface area contributed by atoms with Gasteiger partial charge in [0.25, 0.3) is 0 Å². The summed E-state index contributed by atoms with van der Waals surface area (Å²) >= 11 is 0. The van der Waals surface area contributed by atoms with Gasteiger partial charge in [-0.05, 0) is 35.7 Å². The van der Waals surface area contributed by atoms with Gasteiger partial charge in [-0.2, -0.15) is 0 Å². The molecule has 5 N–H and O–H groups in total. The highest BCUT2D eigenvalue weighted by atomic mass is 16.5. The van der Waals surface area contributed by atoms with Crippen LogP contribution >= 0.6 is 0 Å². The molecule has 5 rings (SSSR count). The van der Waals surface area contributed by atoms with Crippen molar-refractivity contribution in [1.82, 2.24) is 20.6 Å². The molecular formula is C31H30N4O5. The SMILES string of the molecule is C[C@@](Cc1c[nH]c2ccccc12)(NC(=O)[C@H](Cc1c[nH]c2ccccc12)NC(=O)OCc1ccccc1)C(=O)O. The highest BCUT2D eigenvalue weighted by Crippen LogP contribution is 2.24. The number of alkyl carbamates (subject to hydrolysis) is 1. The zero-order valence-corrected chi connectivity index (χ0v) is 21.9. The molecule has 9 nitrogen and oxygen atoms in total. The average molecular weight is 539 g/mol. The van der Waals surface area contributed by atoms with Crippen LogP contribution in [0.1, 0.15) is 23.6 Å². The van der Waals surface area contributed by atoms with E-state index in [4.69, 9.17) is 4.74 Å². The molecule has 3 aromatic carbocycles. The summed E-state index contributed by atoms with van der Waals surface area (Å²) in [6, 6.07) is 23.3. The van der Waals surface area contributed by atoms with Gasteiger partial charge in [-0.15, -0.1) is 0 Å². The normalized spacial score (nSPS) is 13.4. The standard InChI is InChI=1S/C31H30N4O5/c1-31(29(37)38,16-22-18-33-26-14-8-6-12-24(22)26)35-28(36)27(15-21-17-32-25-13-7-5-11-23(21)25)34-30(39)40-19-20-9-3-2-4-10-20/h2-14,17-18,27,32-33H,15-16,19H2,1H3,(H,34,39)(H,35,36)(H,37,38)/t27-,31-/m0/s1. The summed E-state index contributed by atoms with van der Waals surface area (Å²) < 4.78 is 5.37. The Bertz CT molecular complexity index is 1660. The Morgan fingerprint density at radius 2 is 1.43 bits per heavy atom. The summed E-state index contributed by atoms with van der Waals surface area (Å²) in [5.74, 6) is -1.82. The van der Waals surface area contributed by atoms with E-state index in [2.05, 4.69) is 20.6 Å². The summed E-state index contributed by atoms with van der Waals surface area (Å²) in [4.78, 5) is 45.2. The molecule has 0 aliphatic carbocycles. The minimum Gasteiger partial charge on any atom is -0.480 e. The second kappa shape index (κ2) is 11.4. The van der Waals surface area contributed by atoms with Crippen molar-refractivity contribution in [2.24, 2.45) is 0 Å². The number of benzene rings is 3. The molecule has 2 amide bonds. The van der Waals surface area contributed by atoms with E-state index in [-0.39, 0.29) is 19.4 Å². The molecule has 0 spiro atoms. The van der Waals surface area contributed by atoms with Crippen LogP contribution < -0.4 is 10.6 Å². The minimum atomic E-state index is -1.64. The van der Waals surface area contributed by atoms with E-state index in [1.807, 2.05) is 78.9 Å². The third-order valence-corrected chi connectivity index (χ3v) is 7.01. The number of hydrogen-bond donors (Lipinski definition) is 5. The van der Waals surface area contributed by atoms with Crippen LogP contribution in [0, 0.1) is 0 Å². The molecule has 0 unspecified atom stereocenters. The second-order valence-electron chi connectivity index (χ2n) is 9.99. The number of amides is 2. The molecule has 9 heteroatoms. The maximum absolute atomic E-state index is 13.7. The Labute approximate surface area is 230 Å². The average Bonchev–Trinajstić information content (AvgIpc) is 3.56. The van der Waals surface area contributed by atoms with Gasteiger partial charge in [0.05, 0.1) is 0 Å². The molecule has 204 valence electrons. The third kappa shape index (κ3) is 5.83. The second-order valence-corrected chi connectivity index (χ2v) is 9.99. The van der Waals surface area contributed by atoms with Crippen LogP contribution in [0.25, 0.3) is 21.8 Å². The Morgan fingerprint density at radius 1 is 0.850 bits per heavy atom. The number of rotatable bonds is 10. The van der Waals surface area contributed by atoms with Crippen molar-refractivity contribution in [3.63, 3.8) is 0 Å². The molecule has 0 saturated carbocycles. The van der Waals surface area contributed by atoms with Crippen molar-refractivity contribution in [2.45, 2.75) is 38.0 Å². The molecule has 40 heavy (non-hydrogen) atoms. The van der Waals surface area contributed by atoms with Gasteiger partial charge in [0.2, 0.25) is 5.91 Å². The summed E-state index contributed by atoms with van der Waals surface area (Å²) in [6.45, 7) is 1.49. The Hall–Kier alpha value is -5.05. The van der Waals surface area contributed by atoms with Gasteiger partial charge in [0.1, 0.15) is 18.2 Å². The topological polar surface area (TPSA) is 136 Å². The molecule has 0 radical (unpaired) electrons. The number of nitrogens with one attached hydrogen (secondary N) is 4. The maximum Gasteiger partial charge on any atom is 0.408 e. The van der Waals surface area contributed by atoms with E-state index in [0.717, 1.165) is 38.5 Å². The van der Waals surface area contributed by atoms with Crippen molar-refractivity contribution in [3.8, 4) is 0 Å². The fraction of sp³-hybridized carbons (Fsp3) is 0.194. The van der Waals surface area contributed by atoms with Gasteiger partial charge in [0, 0.05) is 47.0 Å².